The second-order valence-corrected chi connectivity index (χ2v) is 7.22. The smallest absolute Gasteiger partial charge is 0.251 e. The number of thioether (sulfide) groups is 1. The van der Waals surface area contributed by atoms with Crippen LogP contribution < -0.4 is 10.9 Å². The molecule has 0 fully saturated rings. The molecule has 0 aliphatic carbocycles. The summed E-state index contributed by atoms with van der Waals surface area (Å²) in [4.78, 5) is 31.1. The summed E-state index contributed by atoms with van der Waals surface area (Å²) < 4.78 is 32.1. The van der Waals surface area contributed by atoms with Crippen molar-refractivity contribution in [1.29, 1.82) is 0 Å². The molecule has 0 radical (unpaired) electrons. The maximum absolute atomic E-state index is 13.7. The average molecular weight is 397 g/mol. The molecule has 1 unspecified atom stereocenters. The Kier molecular flexibility index (Phi) is 7.49. The largest absolute Gasteiger partial charge is 0.373 e. The fraction of sp³-hybridized carbons (Fsp3) is 0.389. The Bertz CT molecular complexity index is 858. The number of ether oxygens (including phenoxy) is 1. The van der Waals surface area contributed by atoms with E-state index in [1.165, 1.54) is 6.07 Å². The van der Waals surface area contributed by atoms with Crippen LogP contribution in [0.3, 0.4) is 0 Å². The first-order valence-corrected chi connectivity index (χ1v) is 9.30. The van der Waals surface area contributed by atoms with Crippen molar-refractivity contribution in [3.05, 3.63) is 51.9 Å². The summed E-state index contributed by atoms with van der Waals surface area (Å²) in [5.41, 5.74) is -0.00882. The molecule has 2 aromatic rings. The molecule has 0 bridgehead atoms. The van der Waals surface area contributed by atoms with Crippen molar-refractivity contribution in [3.8, 4) is 0 Å². The molecule has 146 valence electrons. The number of hydrogen-bond donors (Lipinski definition) is 2. The van der Waals surface area contributed by atoms with Crippen LogP contribution in [-0.2, 0) is 16.1 Å². The van der Waals surface area contributed by atoms with Gasteiger partial charge in [-0.15, -0.1) is 0 Å². The lowest BCUT2D eigenvalue weighted by molar-refractivity contribution is -0.115. The van der Waals surface area contributed by atoms with Crippen LogP contribution in [0.25, 0.3) is 0 Å². The van der Waals surface area contributed by atoms with Crippen LogP contribution in [-0.4, -0.2) is 27.2 Å². The maximum Gasteiger partial charge on any atom is 0.251 e. The number of carbonyl (C=O) groups is 1. The lowest BCUT2D eigenvalue weighted by Crippen LogP contribution is -2.26. The maximum atomic E-state index is 13.7. The van der Waals surface area contributed by atoms with Gasteiger partial charge in [0, 0.05) is 12.1 Å². The molecule has 2 rings (SSSR count). The van der Waals surface area contributed by atoms with E-state index < -0.39 is 22.8 Å². The van der Waals surface area contributed by atoms with E-state index in [4.69, 9.17) is 4.74 Å². The number of hydrogen-bond acceptors (Lipinski definition) is 5. The highest BCUT2D eigenvalue weighted by Gasteiger charge is 2.21. The zero-order valence-electron chi connectivity index (χ0n) is 15.2. The monoisotopic (exact) mass is 397 g/mol. The Hall–Kier alpha value is -2.26. The van der Waals surface area contributed by atoms with Gasteiger partial charge in [-0.25, -0.2) is 13.8 Å². The van der Waals surface area contributed by atoms with Gasteiger partial charge in [-0.05, 0) is 32.4 Å². The fourth-order valence-corrected chi connectivity index (χ4v) is 3.06. The van der Waals surface area contributed by atoms with Gasteiger partial charge in [-0.3, -0.25) is 9.59 Å². The molecule has 9 heteroatoms. The summed E-state index contributed by atoms with van der Waals surface area (Å²) in [5.74, 6) is -2.06. The zero-order chi connectivity index (χ0) is 20.0. The van der Waals surface area contributed by atoms with Crippen molar-refractivity contribution in [3.63, 3.8) is 0 Å². The van der Waals surface area contributed by atoms with Crippen molar-refractivity contribution in [2.45, 2.75) is 50.3 Å². The second kappa shape index (κ2) is 9.61. The SMILES string of the molecule is CCC(Sc1nc(COC(C)C)cc(=O)[nH]1)C(=O)Nc1ccc(F)cc1F. The molecule has 0 spiro atoms. The number of nitrogens with zero attached hydrogens (tertiary/aromatic N) is 1. The Labute approximate surface area is 159 Å². The van der Waals surface area contributed by atoms with E-state index in [9.17, 15) is 18.4 Å². The van der Waals surface area contributed by atoms with E-state index in [-0.39, 0.29) is 29.1 Å². The highest BCUT2D eigenvalue weighted by Crippen LogP contribution is 2.24. The average Bonchev–Trinajstić information content (AvgIpc) is 2.59. The molecule has 1 amide bonds. The number of H-pyrrole nitrogens is 1. The molecule has 0 saturated heterocycles. The van der Waals surface area contributed by atoms with E-state index in [0.717, 1.165) is 23.9 Å². The van der Waals surface area contributed by atoms with Crippen molar-refractivity contribution < 1.29 is 18.3 Å². The molecular weight excluding hydrogens is 376 g/mol. The quantitative estimate of drug-likeness (QED) is 0.526. The van der Waals surface area contributed by atoms with Gasteiger partial charge < -0.3 is 15.0 Å². The molecule has 1 atom stereocenters. The highest BCUT2D eigenvalue weighted by molar-refractivity contribution is 8.00. The number of carbonyl (C=O) groups excluding carboxylic acids is 1. The van der Waals surface area contributed by atoms with Gasteiger partial charge in [-0.1, -0.05) is 18.7 Å². The zero-order valence-corrected chi connectivity index (χ0v) is 16.0. The third-order valence-electron chi connectivity index (χ3n) is 3.44. The first kappa shape index (κ1) is 21.0. The van der Waals surface area contributed by atoms with Gasteiger partial charge in [0.2, 0.25) is 5.91 Å². The third kappa shape index (κ3) is 6.44. The fourth-order valence-electron chi connectivity index (χ4n) is 2.13. The van der Waals surface area contributed by atoms with E-state index >= 15 is 0 Å². The van der Waals surface area contributed by atoms with Crippen LogP contribution in [0.5, 0.6) is 0 Å². The number of rotatable bonds is 8. The first-order chi connectivity index (χ1) is 12.8. The summed E-state index contributed by atoms with van der Waals surface area (Å²) in [6.07, 6.45) is 0.400. The molecule has 2 N–H and O–H groups in total. The predicted molar refractivity (Wildman–Crippen MR) is 99.7 cm³/mol. The normalized spacial score (nSPS) is 12.2. The van der Waals surface area contributed by atoms with Crippen molar-refractivity contribution in [2.75, 3.05) is 5.32 Å². The molecule has 1 aromatic carbocycles. The number of aromatic nitrogens is 2. The lowest BCUT2D eigenvalue weighted by atomic mass is 10.2. The minimum atomic E-state index is -0.859. The van der Waals surface area contributed by atoms with Crippen LogP contribution >= 0.6 is 11.8 Å². The molecule has 0 aliphatic rings. The minimum Gasteiger partial charge on any atom is -0.373 e. The Morgan fingerprint density at radius 1 is 1.33 bits per heavy atom. The van der Waals surface area contributed by atoms with Crippen molar-refractivity contribution >= 4 is 23.4 Å². The van der Waals surface area contributed by atoms with E-state index in [2.05, 4.69) is 15.3 Å². The summed E-state index contributed by atoms with van der Waals surface area (Å²) in [6.45, 7) is 5.70. The second-order valence-electron chi connectivity index (χ2n) is 6.03. The third-order valence-corrected chi connectivity index (χ3v) is 4.69. The first-order valence-electron chi connectivity index (χ1n) is 8.43. The summed E-state index contributed by atoms with van der Waals surface area (Å²) in [5, 5.41) is 2.08. The molecule has 1 aromatic heterocycles. The van der Waals surface area contributed by atoms with Crippen LogP contribution in [0, 0.1) is 11.6 Å². The van der Waals surface area contributed by atoms with Gasteiger partial charge >= 0.3 is 0 Å². The van der Waals surface area contributed by atoms with Crippen LogP contribution in [0.1, 0.15) is 32.9 Å². The number of anilines is 1. The minimum absolute atomic E-state index is 0.0121. The molecule has 27 heavy (non-hydrogen) atoms. The Morgan fingerprint density at radius 3 is 2.70 bits per heavy atom. The topological polar surface area (TPSA) is 84.1 Å². The summed E-state index contributed by atoms with van der Waals surface area (Å²) in [6, 6.07) is 4.25. The number of amides is 1. The van der Waals surface area contributed by atoms with E-state index in [0.29, 0.717) is 18.2 Å². The van der Waals surface area contributed by atoms with E-state index in [1.807, 2.05) is 13.8 Å². The van der Waals surface area contributed by atoms with Gasteiger partial charge in [0.1, 0.15) is 11.6 Å². The highest BCUT2D eigenvalue weighted by atomic mass is 32.2. The molecule has 1 heterocycles. The van der Waals surface area contributed by atoms with Gasteiger partial charge in [0.05, 0.1) is 29.3 Å². The Morgan fingerprint density at radius 2 is 2.07 bits per heavy atom. The lowest BCUT2D eigenvalue weighted by Gasteiger charge is -2.15. The van der Waals surface area contributed by atoms with Crippen molar-refractivity contribution in [1.82, 2.24) is 9.97 Å². The van der Waals surface area contributed by atoms with Gasteiger partial charge in [0.25, 0.3) is 5.56 Å². The molecule has 0 aliphatic heterocycles. The number of benzene rings is 1. The van der Waals surface area contributed by atoms with Crippen LogP contribution in [0.2, 0.25) is 0 Å². The Balaban J connectivity index is 2.11. The van der Waals surface area contributed by atoms with E-state index in [1.54, 1.807) is 6.92 Å². The number of aromatic amines is 1. The van der Waals surface area contributed by atoms with Crippen molar-refractivity contribution in [2.24, 2.45) is 0 Å². The van der Waals surface area contributed by atoms with Gasteiger partial charge in [0.15, 0.2) is 5.16 Å². The van der Waals surface area contributed by atoms with Crippen LogP contribution in [0.15, 0.2) is 34.2 Å². The molecular formula is C18H21F2N3O3S. The summed E-state index contributed by atoms with van der Waals surface area (Å²) in [7, 11) is 0. The predicted octanol–water partition coefficient (Wildman–Crippen LogP) is 3.48. The number of halogens is 2. The van der Waals surface area contributed by atoms with Crippen LogP contribution in [0.4, 0.5) is 14.5 Å². The van der Waals surface area contributed by atoms with Gasteiger partial charge in [-0.2, -0.15) is 0 Å². The molecule has 0 saturated carbocycles. The molecule has 6 nitrogen and oxygen atoms in total. The number of nitrogens with one attached hydrogen (secondary N) is 2. The standard InChI is InChI=1S/C18H21F2N3O3S/c1-4-15(17(25)22-14-6-5-11(19)7-13(14)20)27-18-21-12(8-16(24)23-18)9-26-10(2)3/h5-8,10,15H,4,9H2,1-3H3,(H,22,25)(H,21,23,24). The summed E-state index contributed by atoms with van der Waals surface area (Å²) >= 11 is 1.06.